The van der Waals surface area contributed by atoms with Crippen LogP contribution in [0.5, 0.6) is 0 Å². The average Bonchev–Trinajstić information content (AvgIpc) is 2.95. The van der Waals surface area contributed by atoms with E-state index in [9.17, 15) is 0 Å². The van der Waals surface area contributed by atoms with E-state index >= 15 is 0 Å². The summed E-state index contributed by atoms with van der Waals surface area (Å²) in [5, 5.41) is 3.75. The van der Waals surface area contributed by atoms with E-state index in [4.69, 9.17) is 0 Å². The van der Waals surface area contributed by atoms with Gasteiger partial charge in [0, 0.05) is 6.20 Å². The van der Waals surface area contributed by atoms with Crippen LogP contribution < -0.4 is 5.32 Å². The van der Waals surface area contributed by atoms with Crippen LogP contribution in [0.3, 0.4) is 0 Å². The summed E-state index contributed by atoms with van der Waals surface area (Å²) < 4.78 is 0. The van der Waals surface area contributed by atoms with E-state index < -0.39 is 0 Å². The van der Waals surface area contributed by atoms with E-state index in [2.05, 4.69) is 59.7 Å². The van der Waals surface area contributed by atoms with Gasteiger partial charge in [0.2, 0.25) is 0 Å². The van der Waals surface area contributed by atoms with Gasteiger partial charge in [-0.1, -0.05) is 49.7 Å². The molecule has 2 aromatic rings. The molecule has 1 N–H and O–H groups in total. The van der Waals surface area contributed by atoms with Crippen LogP contribution in [-0.2, 0) is 0 Å². The number of nitrogens with zero attached hydrogens (tertiary/aromatic N) is 1. The molecule has 3 unspecified atom stereocenters. The zero-order valence-electron chi connectivity index (χ0n) is 12.7. The molecule has 1 fully saturated rings. The van der Waals surface area contributed by atoms with Crippen molar-refractivity contribution in [1.29, 1.82) is 0 Å². The molecule has 2 heteroatoms. The van der Waals surface area contributed by atoms with E-state index in [1.54, 1.807) is 0 Å². The summed E-state index contributed by atoms with van der Waals surface area (Å²) >= 11 is 0. The largest absolute Gasteiger partial charge is 0.305 e. The second-order valence-electron chi connectivity index (χ2n) is 6.29. The Labute approximate surface area is 127 Å². The molecule has 0 bridgehead atoms. The zero-order valence-corrected chi connectivity index (χ0v) is 12.7. The highest BCUT2D eigenvalue weighted by molar-refractivity contribution is 5.27. The Kier molecular flexibility index (Phi) is 4.66. The monoisotopic (exact) mass is 280 g/mol. The lowest BCUT2D eigenvalue weighted by atomic mass is 10.0. The van der Waals surface area contributed by atoms with Crippen LogP contribution >= 0.6 is 0 Å². The summed E-state index contributed by atoms with van der Waals surface area (Å²) in [6, 6.07) is 17.0. The molecule has 0 radical (unpaired) electrons. The molecule has 0 amide bonds. The highest BCUT2D eigenvalue weighted by Crippen LogP contribution is 2.30. The number of benzene rings is 1. The van der Waals surface area contributed by atoms with Gasteiger partial charge in [0.05, 0.1) is 11.7 Å². The van der Waals surface area contributed by atoms with Crippen LogP contribution in [0.4, 0.5) is 0 Å². The third-order valence-corrected chi connectivity index (χ3v) is 4.53. The van der Waals surface area contributed by atoms with E-state index in [1.165, 1.54) is 24.8 Å². The molecule has 110 valence electrons. The Morgan fingerprint density at radius 2 is 1.90 bits per heavy atom. The maximum atomic E-state index is 4.55. The highest BCUT2D eigenvalue weighted by atomic mass is 14.9. The number of pyridine rings is 1. The molecule has 21 heavy (non-hydrogen) atoms. The lowest BCUT2D eigenvalue weighted by Crippen LogP contribution is -2.28. The van der Waals surface area contributed by atoms with Gasteiger partial charge in [-0.2, -0.15) is 0 Å². The first-order valence-electron chi connectivity index (χ1n) is 8.02. The van der Waals surface area contributed by atoms with E-state index in [0.29, 0.717) is 0 Å². The highest BCUT2D eigenvalue weighted by Gasteiger charge is 2.23. The van der Waals surface area contributed by atoms with Gasteiger partial charge in [-0.15, -0.1) is 0 Å². The summed E-state index contributed by atoms with van der Waals surface area (Å²) in [4.78, 5) is 4.55. The lowest BCUT2D eigenvalue weighted by Gasteiger charge is -2.21. The van der Waals surface area contributed by atoms with Crippen LogP contribution in [0.1, 0.15) is 43.5 Å². The number of rotatable bonds is 5. The molecule has 2 nitrogen and oxygen atoms in total. The first-order chi connectivity index (χ1) is 10.3. The normalized spacial score (nSPS) is 23.1. The molecule has 1 heterocycles. The molecule has 1 aliphatic carbocycles. The second-order valence-corrected chi connectivity index (χ2v) is 6.29. The quantitative estimate of drug-likeness (QED) is 0.888. The fourth-order valence-corrected chi connectivity index (χ4v) is 3.38. The molecule has 3 atom stereocenters. The van der Waals surface area contributed by atoms with Crippen LogP contribution in [0, 0.1) is 11.8 Å². The predicted octanol–water partition coefficient (Wildman–Crippen LogP) is 4.20. The van der Waals surface area contributed by atoms with Gasteiger partial charge in [-0.05, 0) is 48.9 Å². The fourth-order valence-electron chi connectivity index (χ4n) is 3.38. The van der Waals surface area contributed by atoms with Gasteiger partial charge in [0.1, 0.15) is 0 Å². The van der Waals surface area contributed by atoms with Crippen molar-refractivity contribution in [3.63, 3.8) is 0 Å². The maximum absolute atomic E-state index is 4.55. The summed E-state index contributed by atoms with van der Waals surface area (Å²) in [5.74, 6) is 1.71. The fraction of sp³-hybridized carbons (Fsp3) is 0.421. The van der Waals surface area contributed by atoms with Crippen molar-refractivity contribution in [2.45, 2.75) is 32.2 Å². The van der Waals surface area contributed by atoms with Crippen LogP contribution in [0.2, 0.25) is 0 Å². The predicted molar refractivity (Wildman–Crippen MR) is 87.0 cm³/mol. The molecule has 0 spiro atoms. The van der Waals surface area contributed by atoms with Crippen molar-refractivity contribution in [3.8, 4) is 0 Å². The molecule has 1 aliphatic rings. The van der Waals surface area contributed by atoms with Gasteiger partial charge in [-0.25, -0.2) is 0 Å². The minimum absolute atomic E-state index is 0.198. The minimum atomic E-state index is 0.198. The van der Waals surface area contributed by atoms with Crippen LogP contribution in [-0.4, -0.2) is 11.5 Å². The van der Waals surface area contributed by atoms with Crippen LogP contribution in [0.25, 0.3) is 0 Å². The summed E-state index contributed by atoms with van der Waals surface area (Å²) in [6.45, 7) is 3.45. The Morgan fingerprint density at radius 3 is 2.57 bits per heavy atom. The van der Waals surface area contributed by atoms with Crippen molar-refractivity contribution >= 4 is 0 Å². The van der Waals surface area contributed by atoms with Gasteiger partial charge in [-0.3, -0.25) is 4.98 Å². The van der Waals surface area contributed by atoms with Gasteiger partial charge in [0.15, 0.2) is 0 Å². The topological polar surface area (TPSA) is 24.9 Å². The maximum Gasteiger partial charge on any atom is 0.0751 e. The smallest absolute Gasteiger partial charge is 0.0751 e. The molecule has 0 aliphatic heterocycles. The van der Waals surface area contributed by atoms with E-state index in [0.717, 1.165) is 24.1 Å². The van der Waals surface area contributed by atoms with Crippen molar-refractivity contribution in [3.05, 3.63) is 66.0 Å². The lowest BCUT2D eigenvalue weighted by molar-refractivity contribution is 0.447. The second kappa shape index (κ2) is 6.86. The number of nitrogens with one attached hydrogen (secondary N) is 1. The number of aromatic nitrogens is 1. The summed E-state index contributed by atoms with van der Waals surface area (Å²) in [7, 11) is 0. The van der Waals surface area contributed by atoms with Gasteiger partial charge in [0.25, 0.3) is 0 Å². The molecule has 1 aromatic carbocycles. The standard InChI is InChI=1S/C19H24N2/c1-15-10-11-16(13-15)14-21-19(17-7-3-2-4-8-17)18-9-5-6-12-20-18/h2-9,12,15-16,19,21H,10-11,13-14H2,1H3. The minimum Gasteiger partial charge on any atom is -0.305 e. The number of hydrogen-bond donors (Lipinski definition) is 1. The SMILES string of the molecule is CC1CCC(CNC(c2ccccc2)c2ccccn2)C1. The zero-order chi connectivity index (χ0) is 14.5. The number of hydrogen-bond acceptors (Lipinski definition) is 2. The molecule has 3 rings (SSSR count). The third-order valence-electron chi connectivity index (χ3n) is 4.53. The molecule has 1 aromatic heterocycles. The van der Waals surface area contributed by atoms with Crippen molar-refractivity contribution in [1.82, 2.24) is 10.3 Å². The Balaban J connectivity index is 1.74. The first-order valence-corrected chi connectivity index (χ1v) is 8.02. The average molecular weight is 280 g/mol. The molecular formula is C19H24N2. The van der Waals surface area contributed by atoms with Gasteiger partial charge >= 0.3 is 0 Å². The summed E-state index contributed by atoms with van der Waals surface area (Å²) in [5.41, 5.74) is 2.40. The van der Waals surface area contributed by atoms with E-state index in [1.807, 2.05) is 12.3 Å². The van der Waals surface area contributed by atoms with Crippen molar-refractivity contribution in [2.75, 3.05) is 6.54 Å². The van der Waals surface area contributed by atoms with Gasteiger partial charge < -0.3 is 5.32 Å². The third kappa shape index (κ3) is 3.70. The Morgan fingerprint density at radius 1 is 1.10 bits per heavy atom. The van der Waals surface area contributed by atoms with Crippen molar-refractivity contribution in [2.24, 2.45) is 11.8 Å². The molecule has 1 saturated carbocycles. The molecule has 0 saturated heterocycles. The van der Waals surface area contributed by atoms with Crippen LogP contribution in [0.15, 0.2) is 54.7 Å². The molecular weight excluding hydrogens is 256 g/mol. The Hall–Kier alpha value is -1.67. The van der Waals surface area contributed by atoms with E-state index in [-0.39, 0.29) is 6.04 Å². The summed E-state index contributed by atoms with van der Waals surface area (Å²) in [6.07, 6.45) is 5.98. The van der Waals surface area contributed by atoms with Crippen molar-refractivity contribution < 1.29 is 0 Å². The first kappa shape index (κ1) is 14.3. The Bertz CT molecular complexity index is 499.